The molecule has 2 rings (SSSR count). The number of carbonyl (C=O) groups is 1. The van der Waals surface area contributed by atoms with Crippen molar-refractivity contribution < 1.29 is 9.18 Å². The van der Waals surface area contributed by atoms with Gasteiger partial charge in [0.1, 0.15) is 0 Å². The van der Waals surface area contributed by atoms with Crippen LogP contribution in [0.5, 0.6) is 0 Å². The molecular formula is C8H7FO. The first-order chi connectivity index (χ1) is 4.77. The highest BCUT2D eigenvalue weighted by molar-refractivity contribution is 5.97. The lowest BCUT2D eigenvalue weighted by atomic mass is 9.92. The molecule has 2 aliphatic rings. The topological polar surface area (TPSA) is 17.1 Å². The Labute approximate surface area is 58.2 Å². The van der Waals surface area contributed by atoms with Crippen molar-refractivity contribution in [1.82, 2.24) is 0 Å². The van der Waals surface area contributed by atoms with Gasteiger partial charge in [-0.3, -0.25) is 4.79 Å². The fraction of sp³-hybridized carbons (Fsp3) is 0.375. The van der Waals surface area contributed by atoms with E-state index in [1.54, 1.807) is 6.08 Å². The van der Waals surface area contributed by atoms with E-state index in [4.69, 9.17) is 0 Å². The van der Waals surface area contributed by atoms with Gasteiger partial charge in [-0.25, -0.2) is 4.39 Å². The van der Waals surface area contributed by atoms with Crippen LogP contribution in [0.25, 0.3) is 0 Å². The first-order valence-corrected chi connectivity index (χ1v) is 3.37. The average molecular weight is 138 g/mol. The molecule has 2 aliphatic carbocycles. The molecule has 0 aromatic rings. The fourth-order valence-corrected chi connectivity index (χ4v) is 1.49. The maximum atomic E-state index is 12.6. The Morgan fingerprint density at radius 1 is 1.50 bits per heavy atom. The third-order valence-corrected chi connectivity index (χ3v) is 2.05. The van der Waals surface area contributed by atoms with Crippen LogP contribution in [0.1, 0.15) is 6.42 Å². The van der Waals surface area contributed by atoms with Gasteiger partial charge in [0.15, 0.2) is 11.6 Å². The van der Waals surface area contributed by atoms with Gasteiger partial charge in [-0.1, -0.05) is 12.2 Å². The van der Waals surface area contributed by atoms with Crippen molar-refractivity contribution >= 4 is 5.78 Å². The normalized spacial score (nSPS) is 36.5. The highest BCUT2D eigenvalue weighted by atomic mass is 19.1. The number of rotatable bonds is 0. The highest BCUT2D eigenvalue weighted by Gasteiger charge is 2.31. The lowest BCUT2D eigenvalue weighted by Gasteiger charge is -2.12. The first kappa shape index (κ1) is 5.83. The Morgan fingerprint density at radius 3 is 3.10 bits per heavy atom. The summed E-state index contributed by atoms with van der Waals surface area (Å²) in [4.78, 5) is 10.9. The van der Waals surface area contributed by atoms with Crippen LogP contribution in [-0.4, -0.2) is 5.78 Å². The Kier molecular flexibility index (Phi) is 1.04. The molecule has 2 atom stereocenters. The maximum absolute atomic E-state index is 12.6. The number of hydrogen-bond donors (Lipinski definition) is 0. The molecule has 0 radical (unpaired) electrons. The van der Waals surface area contributed by atoms with Gasteiger partial charge >= 0.3 is 0 Å². The first-order valence-electron chi connectivity index (χ1n) is 3.37. The minimum Gasteiger partial charge on any atom is -0.291 e. The van der Waals surface area contributed by atoms with Crippen LogP contribution in [0.4, 0.5) is 4.39 Å². The summed E-state index contributed by atoms with van der Waals surface area (Å²) in [6, 6.07) is 0. The summed E-state index contributed by atoms with van der Waals surface area (Å²) in [7, 11) is 0. The molecule has 1 nitrogen and oxygen atoms in total. The molecule has 52 valence electrons. The van der Waals surface area contributed by atoms with E-state index in [1.807, 2.05) is 6.08 Å². The Balaban J connectivity index is 2.41. The van der Waals surface area contributed by atoms with Crippen molar-refractivity contribution in [2.24, 2.45) is 11.8 Å². The second-order valence-electron chi connectivity index (χ2n) is 2.77. The minimum absolute atomic E-state index is 0.157. The van der Waals surface area contributed by atoms with E-state index in [0.29, 0.717) is 0 Å². The summed E-state index contributed by atoms with van der Waals surface area (Å²) in [5.74, 6) is -0.867. The molecule has 0 spiro atoms. The molecule has 0 amide bonds. The van der Waals surface area contributed by atoms with Gasteiger partial charge in [0.25, 0.3) is 0 Å². The van der Waals surface area contributed by atoms with E-state index >= 15 is 0 Å². The maximum Gasteiger partial charge on any atom is 0.197 e. The molecular weight excluding hydrogens is 131 g/mol. The summed E-state index contributed by atoms with van der Waals surface area (Å²) in [6.45, 7) is 0. The predicted octanol–water partition coefficient (Wildman–Crippen LogP) is 1.61. The molecule has 0 fully saturated rings. The lowest BCUT2D eigenvalue weighted by Crippen LogP contribution is -2.16. The number of fused-ring (bicyclic) bond motifs is 2. The third-order valence-electron chi connectivity index (χ3n) is 2.05. The summed E-state index contributed by atoms with van der Waals surface area (Å²) in [6.07, 6.45) is 5.89. The standard InChI is InChI=1S/C8H7FO/c9-7-4-5-1-2-6(3-5)8(7)10/h1-2,4-6H,3H2. The van der Waals surface area contributed by atoms with Crippen molar-refractivity contribution in [3.05, 3.63) is 24.1 Å². The fourth-order valence-electron chi connectivity index (χ4n) is 1.49. The highest BCUT2D eigenvalue weighted by Crippen LogP contribution is 2.33. The number of hydrogen-bond acceptors (Lipinski definition) is 1. The van der Waals surface area contributed by atoms with Gasteiger partial charge in [-0.15, -0.1) is 0 Å². The molecule has 0 aromatic carbocycles. The molecule has 0 saturated carbocycles. The SMILES string of the molecule is O=C1C(F)=CC2C=CC1C2. The van der Waals surface area contributed by atoms with Crippen molar-refractivity contribution in [3.63, 3.8) is 0 Å². The Hall–Kier alpha value is -0.920. The summed E-state index contributed by atoms with van der Waals surface area (Å²) in [5, 5.41) is 0. The van der Waals surface area contributed by atoms with E-state index in [-0.39, 0.29) is 17.6 Å². The third kappa shape index (κ3) is 0.649. The van der Waals surface area contributed by atoms with Gasteiger partial charge < -0.3 is 0 Å². The summed E-state index contributed by atoms with van der Waals surface area (Å²) < 4.78 is 12.6. The van der Waals surface area contributed by atoms with Crippen molar-refractivity contribution in [1.29, 1.82) is 0 Å². The zero-order valence-corrected chi connectivity index (χ0v) is 5.38. The van der Waals surface area contributed by atoms with E-state index in [9.17, 15) is 9.18 Å². The number of carbonyl (C=O) groups excluding carboxylic acids is 1. The number of allylic oxidation sites excluding steroid dienone is 4. The monoisotopic (exact) mass is 138 g/mol. The van der Waals surface area contributed by atoms with Crippen LogP contribution in [0.3, 0.4) is 0 Å². The van der Waals surface area contributed by atoms with Gasteiger partial charge in [0.2, 0.25) is 0 Å². The van der Waals surface area contributed by atoms with Crippen LogP contribution < -0.4 is 0 Å². The molecule has 2 heteroatoms. The van der Waals surface area contributed by atoms with Crippen LogP contribution in [0.15, 0.2) is 24.1 Å². The molecule has 0 heterocycles. The number of halogens is 1. The summed E-state index contributed by atoms with van der Waals surface area (Å²) >= 11 is 0. The van der Waals surface area contributed by atoms with Gasteiger partial charge in [0, 0.05) is 5.92 Å². The summed E-state index contributed by atoms with van der Waals surface area (Å²) in [5.41, 5.74) is 0. The molecule has 10 heavy (non-hydrogen) atoms. The predicted molar refractivity (Wildman–Crippen MR) is 34.9 cm³/mol. The zero-order valence-electron chi connectivity index (χ0n) is 5.38. The molecule has 2 bridgehead atoms. The van der Waals surface area contributed by atoms with Crippen molar-refractivity contribution in [2.45, 2.75) is 6.42 Å². The van der Waals surface area contributed by atoms with E-state index in [1.165, 1.54) is 6.08 Å². The zero-order chi connectivity index (χ0) is 7.14. The second-order valence-corrected chi connectivity index (χ2v) is 2.77. The number of ketones is 1. The van der Waals surface area contributed by atoms with E-state index in [2.05, 4.69) is 0 Å². The van der Waals surface area contributed by atoms with Crippen molar-refractivity contribution in [2.75, 3.05) is 0 Å². The number of Topliss-reactive ketones (excluding diaryl/α,β-unsaturated/α-hetero) is 1. The average Bonchev–Trinajstić information content (AvgIpc) is 2.29. The van der Waals surface area contributed by atoms with E-state index in [0.717, 1.165) is 6.42 Å². The smallest absolute Gasteiger partial charge is 0.197 e. The molecule has 0 aliphatic heterocycles. The van der Waals surface area contributed by atoms with Gasteiger partial charge in [-0.05, 0) is 18.4 Å². The Morgan fingerprint density at radius 2 is 2.30 bits per heavy atom. The van der Waals surface area contributed by atoms with E-state index < -0.39 is 5.83 Å². The van der Waals surface area contributed by atoms with Crippen molar-refractivity contribution in [3.8, 4) is 0 Å². The van der Waals surface area contributed by atoms with Crippen LogP contribution in [0.2, 0.25) is 0 Å². The molecule has 0 aromatic heterocycles. The minimum atomic E-state index is -0.550. The van der Waals surface area contributed by atoms with Crippen LogP contribution in [-0.2, 0) is 4.79 Å². The molecule has 2 unspecified atom stereocenters. The Bertz CT molecular complexity index is 240. The van der Waals surface area contributed by atoms with Crippen LogP contribution >= 0.6 is 0 Å². The molecule has 0 N–H and O–H groups in total. The van der Waals surface area contributed by atoms with Crippen LogP contribution in [0, 0.1) is 11.8 Å². The lowest BCUT2D eigenvalue weighted by molar-refractivity contribution is -0.119. The largest absolute Gasteiger partial charge is 0.291 e. The quantitative estimate of drug-likeness (QED) is 0.465. The molecule has 0 saturated heterocycles. The second kappa shape index (κ2) is 1.78. The van der Waals surface area contributed by atoms with Gasteiger partial charge in [-0.2, -0.15) is 0 Å². The van der Waals surface area contributed by atoms with Gasteiger partial charge in [0.05, 0.1) is 0 Å².